The van der Waals surface area contributed by atoms with Crippen LogP contribution in [0.4, 0.5) is 4.79 Å². The Morgan fingerprint density at radius 1 is 1.27 bits per heavy atom. The number of hydrogen-bond donors (Lipinski definition) is 1. The average molecular weight is 205 g/mol. The van der Waals surface area contributed by atoms with E-state index in [0.29, 0.717) is 5.41 Å². The molecule has 3 aliphatic rings. The van der Waals surface area contributed by atoms with Crippen molar-refractivity contribution < 1.29 is 9.53 Å². The van der Waals surface area contributed by atoms with Gasteiger partial charge in [-0.05, 0) is 31.1 Å². The van der Waals surface area contributed by atoms with Crippen LogP contribution >= 0.6 is 0 Å². The SMILES string of the molecule is NC(=O)O[C@H]1CC12[C@@H]1CCC#CCC[C@@H]12. The summed E-state index contributed by atoms with van der Waals surface area (Å²) in [6.45, 7) is 0. The molecule has 3 heteroatoms. The van der Waals surface area contributed by atoms with E-state index in [1.165, 1.54) is 12.8 Å². The molecule has 2 saturated carbocycles. The minimum absolute atomic E-state index is 0.114. The molecule has 3 rings (SSSR count). The number of nitrogens with two attached hydrogens (primary N) is 1. The number of ether oxygens (including phenoxy) is 1. The highest BCUT2D eigenvalue weighted by Gasteiger charge is 2.78. The highest BCUT2D eigenvalue weighted by molar-refractivity contribution is 5.65. The molecule has 0 saturated heterocycles. The van der Waals surface area contributed by atoms with E-state index >= 15 is 0 Å². The van der Waals surface area contributed by atoms with Crippen LogP contribution in [0.3, 0.4) is 0 Å². The van der Waals surface area contributed by atoms with Crippen LogP contribution in [0.25, 0.3) is 0 Å². The second-order valence-corrected chi connectivity index (χ2v) is 4.89. The van der Waals surface area contributed by atoms with Crippen molar-refractivity contribution in [2.75, 3.05) is 0 Å². The van der Waals surface area contributed by atoms with E-state index in [9.17, 15) is 4.79 Å². The van der Waals surface area contributed by atoms with E-state index in [0.717, 1.165) is 31.1 Å². The van der Waals surface area contributed by atoms with Gasteiger partial charge in [0.2, 0.25) is 0 Å². The van der Waals surface area contributed by atoms with Gasteiger partial charge >= 0.3 is 6.09 Å². The Hall–Kier alpha value is -1.17. The summed E-state index contributed by atoms with van der Waals surface area (Å²) >= 11 is 0. The largest absolute Gasteiger partial charge is 0.446 e. The lowest BCUT2D eigenvalue weighted by Crippen LogP contribution is -2.15. The Bertz CT molecular complexity index is 348. The van der Waals surface area contributed by atoms with Gasteiger partial charge in [-0.2, -0.15) is 0 Å². The van der Waals surface area contributed by atoms with Crippen molar-refractivity contribution in [3.8, 4) is 11.8 Å². The second kappa shape index (κ2) is 2.91. The monoisotopic (exact) mass is 205 g/mol. The third-order valence-electron chi connectivity index (χ3n) is 4.28. The maximum Gasteiger partial charge on any atom is 0.404 e. The first-order chi connectivity index (χ1) is 7.25. The van der Waals surface area contributed by atoms with Crippen LogP contribution < -0.4 is 5.73 Å². The number of carbonyl (C=O) groups excluding carboxylic acids is 1. The Labute approximate surface area is 89.4 Å². The summed E-state index contributed by atoms with van der Waals surface area (Å²) in [4.78, 5) is 10.7. The second-order valence-electron chi connectivity index (χ2n) is 4.89. The van der Waals surface area contributed by atoms with Crippen molar-refractivity contribution in [1.29, 1.82) is 0 Å². The molecule has 0 radical (unpaired) electrons. The molecule has 1 spiro atoms. The molecule has 0 aliphatic heterocycles. The number of amides is 1. The number of carbonyl (C=O) groups is 1. The van der Waals surface area contributed by atoms with Crippen LogP contribution in [-0.4, -0.2) is 12.2 Å². The van der Waals surface area contributed by atoms with Crippen LogP contribution in [0.1, 0.15) is 32.1 Å². The third kappa shape index (κ3) is 1.24. The van der Waals surface area contributed by atoms with E-state index in [1.807, 2.05) is 0 Å². The molecule has 0 aromatic rings. The molecule has 1 unspecified atom stereocenters. The highest BCUT2D eigenvalue weighted by Crippen LogP contribution is 2.78. The van der Waals surface area contributed by atoms with E-state index in [2.05, 4.69) is 11.8 Å². The summed E-state index contributed by atoms with van der Waals surface area (Å²) in [6.07, 6.45) is 4.89. The maximum absolute atomic E-state index is 10.7. The van der Waals surface area contributed by atoms with Crippen molar-refractivity contribution >= 4 is 6.09 Å². The van der Waals surface area contributed by atoms with Crippen molar-refractivity contribution in [1.82, 2.24) is 0 Å². The highest BCUT2D eigenvalue weighted by atomic mass is 16.6. The molecule has 1 amide bonds. The molecular formula is C12H15NO2. The zero-order chi connectivity index (χ0) is 10.5. The summed E-state index contributed by atoms with van der Waals surface area (Å²) in [5, 5.41) is 0. The van der Waals surface area contributed by atoms with Crippen molar-refractivity contribution in [3.05, 3.63) is 0 Å². The van der Waals surface area contributed by atoms with Gasteiger partial charge in [0.25, 0.3) is 0 Å². The van der Waals surface area contributed by atoms with Crippen LogP contribution in [-0.2, 0) is 4.74 Å². The Balaban J connectivity index is 1.65. The molecule has 3 aliphatic carbocycles. The fourth-order valence-electron chi connectivity index (χ4n) is 3.54. The zero-order valence-electron chi connectivity index (χ0n) is 8.66. The Kier molecular flexibility index (Phi) is 1.76. The molecule has 0 aromatic heterocycles. The first-order valence-corrected chi connectivity index (χ1v) is 5.67. The molecule has 2 fully saturated rings. The molecule has 0 aromatic carbocycles. The minimum Gasteiger partial charge on any atom is -0.446 e. The first kappa shape index (κ1) is 9.08. The maximum atomic E-state index is 10.7. The van der Waals surface area contributed by atoms with Crippen LogP contribution in [0, 0.1) is 29.1 Å². The van der Waals surface area contributed by atoms with Gasteiger partial charge in [-0.3, -0.25) is 0 Å². The molecule has 4 atom stereocenters. The lowest BCUT2D eigenvalue weighted by atomic mass is 10.1. The van der Waals surface area contributed by atoms with E-state index in [1.54, 1.807) is 0 Å². The molecule has 2 N–H and O–H groups in total. The van der Waals surface area contributed by atoms with Crippen LogP contribution in [0.5, 0.6) is 0 Å². The number of hydrogen-bond acceptors (Lipinski definition) is 2. The number of rotatable bonds is 1. The number of fused-ring (bicyclic) bond motifs is 3. The molecule has 15 heavy (non-hydrogen) atoms. The molecule has 0 heterocycles. The fraction of sp³-hybridized carbons (Fsp3) is 0.750. The van der Waals surface area contributed by atoms with Gasteiger partial charge in [-0.25, -0.2) is 4.79 Å². The molecular weight excluding hydrogens is 190 g/mol. The average Bonchev–Trinajstić information content (AvgIpc) is 2.91. The Morgan fingerprint density at radius 2 is 1.87 bits per heavy atom. The van der Waals surface area contributed by atoms with Gasteiger partial charge in [-0.1, -0.05) is 0 Å². The van der Waals surface area contributed by atoms with Gasteiger partial charge in [0.15, 0.2) is 0 Å². The van der Waals surface area contributed by atoms with Crippen molar-refractivity contribution in [2.24, 2.45) is 23.0 Å². The third-order valence-corrected chi connectivity index (χ3v) is 4.28. The normalized spacial score (nSPS) is 45.5. The summed E-state index contributed by atoms with van der Waals surface area (Å²) in [7, 11) is 0. The number of primary amides is 1. The van der Waals surface area contributed by atoms with E-state index in [-0.39, 0.29) is 6.10 Å². The Morgan fingerprint density at radius 3 is 2.40 bits per heavy atom. The predicted octanol–water partition coefficient (Wildman–Crippen LogP) is 1.66. The fourth-order valence-corrected chi connectivity index (χ4v) is 3.54. The minimum atomic E-state index is -0.618. The standard InChI is InChI=1S/C12H15NO2/c13-11(14)15-10-7-12(10)8-5-3-1-2-4-6-9(8)12/h8-10H,3-7H2,(H2,13,14)/t8-,9+,10-,12?/m0/s1. The lowest BCUT2D eigenvalue weighted by molar-refractivity contribution is 0.139. The predicted molar refractivity (Wildman–Crippen MR) is 54.7 cm³/mol. The summed E-state index contributed by atoms with van der Waals surface area (Å²) < 4.78 is 5.11. The first-order valence-electron chi connectivity index (χ1n) is 5.67. The molecule has 3 nitrogen and oxygen atoms in total. The quantitative estimate of drug-likeness (QED) is 0.662. The summed E-state index contributed by atoms with van der Waals surface area (Å²) in [5.41, 5.74) is 5.37. The van der Waals surface area contributed by atoms with Gasteiger partial charge in [0, 0.05) is 18.3 Å². The van der Waals surface area contributed by atoms with Crippen LogP contribution in [0.2, 0.25) is 0 Å². The van der Waals surface area contributed by atoms with Crippen LogP contribution in [0.15, 0.2) is 0 Å². The zero-order valence-corrected chi connectivity index (χ0v) is 8.66. The topological polar surface area (TPSA) is 52.3 Å². The smallest absolute Gasteiger partial charge is 0.404 e. The van der Waals surface area contributed by atoms with Gasteiger partial charge in [0.05, 0.1) is 0 Å². The van der Waals surface area contributed by atoms with Gasteiger partial charge in [-0.15, -0.1) is 11.8 Å². The molecule has 80 valence electrons. The lowest BCUT2D eigenvalue weighted by Gasteiger charge is -1.98. The van der Waals surface area contributed by atoms with E-state index in [4.69, 9.17) is 10.5 Å². The summed E-state index contributed by atoms with van der Waals surface area (Å²) in [5.74, 6) is 7.86. The van der Waals surface area contributed by atoms with Gasteiger partial charge in [0.1, 0.15) is 6.10 Å². The summed E-state index contributed by atoms with van der Waals surface area (Å²) in [6, 6.07) is 0. The molecule has 0 bridgehead atoms. The van der Waals surface area contributed by atoms with E-state index < -0.39 is 6.09 Å². The van der Waals surface area contributed by atoms with Crippen molar-refractivity contribution in [2.45, 2.75) is 38.2 Å². The van der Waals surface area contributed by atoms with Gasteiger partial charge < -0.3 is 10.5 Å². The van der Waals surface area contributed by atoms with Crippen molar-refractivity contribution in [3.63, 3.8) is 0 Å².